The van der Waals surface area contributed by atoms with Gasteiger partial charge in [0.15, 0.2) is 21.8 Å². The number of sulfone groups is 1. The summed E-state index contributed by atoms with van der Waals surface area (Å²) in [5.74, 6) is -1.27. The maximum Gasteiger partial charge on any atom is 0.193 e. The fraction of sp³-hybridized carbons (Fsp3) is 0.750. The van der Waals surface area contributed by atoms with E-state index in [9.17, 15) is 17.6 Å². The first-order chi connectivity index (χ1) is 3.97. The van der Waals surface area contributed by atoms with Crippen LogP contribution in [0.2, 0.25) is 0 Å². The molecule has 1 rings (SSSR count). The fourth-order valence-electron chi connectivity index (χ4n) is 0.757. The molecule has 52 valence electrons. The molecule has 1 aliphatic heterocycles. The van der Waals surface area contributed by atoms with Crippen LogP contribution in [0.25, 0.3) is 0 Å². The Kier molecular flexibility index (Phi) is 1.13. The molecule has 0 aromatic heterocycles. The molecule has 9 heavy (non-hydrogen) atoms. The summed E-state index contributed by atoms with van der Waals surface area (Å²) in [7, 11) is -3.21. The summed E-state index contributed by atoms with van der Waals surface area (Å²) in [5, 5.41) is 0. The van der Waals surface area contributed by atoms with E-state index in [1.807, 2.05) is 0 Å². The molecule has 0 spiro atoms. The highest BCUT2D eigenvalue weighted by Gasteiger charge is 2.49. The lowest BCUT2D eigenvalue weighted by molar-refractivity contribution is -0.116. The smallest absolute Gasteiger partial charge is 0.193 e. The van der Waals surface area contributed by atoms with Gasteiger partial charge < -0.3 is 0 Å². The van der Waals surface area contributed by atoms with Crippen LogP contribution >= 0.6 is 0 Å². The number of aldehydes is 1. The van der Waals surface area contributed by atoms with Crippen LogP contribution in [-0.4, -0.2) is 31.9 Å². The zero-order valence-corrected chi connectivity index (χ0v) is 5.32. The molecular weight excluding hydrogens is 147 g/mol. The maximum absolute atomic E-state index is 12.4. The van der Waals surface area contributed by atoms with Crippen molar-refractivity contribution in [2.75, 3.05) is 11.5 Å². The van der Waals surface area contributed by atoms with Crippen molar-refractivity contribution in [1.82, 2.24) is 0 Å². The molecule has 5 heteroatoms. The minimum atomic E-state index is -3.21. The lowest BCUT2D eigenvalue weighted by Gasteiger charge is -2.27. The fourth-order valence-corrected chi connectivity index (χ4v) is 2.27. The second-order valence-corrected chi connectivity index (χ2v) is 4.25. The molecule has 0 aromatic carbocycles. The van der Waals surface area contributed by atoms with Crippen LogP contribution in [0.1, 0.15) is 0 Å². The molecule has 0 aromatic rings. The molecule has 0 radical (unpaired) electrons. The van der Waals surface area contributed by atoms with E-state index in [0.717, 1.165) is 0 Å². The predicted octanol–water partition coefficient (Wildman–Crippen LogP) is -0.678. The number of hydrogen-bond acceptors (Lipinski definition) is 3. The van der Waals surface area contributed by atoms with E-state index in [1.54, 1.807) is 0 Å². The average molecular weight is 152 g/mol. The number of carbonyl (C=O) groups excluding carboxylic acids is 1. The van der Waals surface area contributed by atoms with Crippen molar-refractivity contribution < 1.29 is 17.6 Å². The molecular formula is C4H5FO3S. The van der Waals surface area contributed by atoms with E-state index in [0.29, 0.717) is 0 Å². The minimum Gasteiger partial charge on any atom is -0.300 e. The Morgan fingerprint density at radius 3 is 2.00 bits per heavy atom. The first-order valence-electron chi connectivity index (χ1n) is 2.33. The van der Waals surface area contributed by atoms with E-state index in [2.05, 4.69) is 0 Å². The number of alkyl halides is 1. The number of halogens is 1. The van der Waals surface area contributed by atoms with Crippen molar-refractivity contribution in [3.8, 4) is 0 Å². The Morgan fingerprint density at radius 1 is 1.44 bits per heavy atom. The van der Waals surface area contributed by atoms with E-state index in [4.69, 9.17) is 0 Å². The molecule has 3 nitrogen and oxygen atoms in total. The van der Waals surface area contributed by atoms with Gasteiger partial charge in [-0.05, 0) is 0 Å². The summed E-state index contributed by atoms with van der Waals surface area (Å²) in [4.78, 5) is 9.76. The molecule has 0 saturated carbocycles. The van der Waals surface area contributed by atoms with Gasteiger partial charge in [0.1, 0.15) is 0 Å². The van der Waals surface area contributed by atoms with Gasteiger partial charge in [0.25, 0.3) is 0 Å². The van der Waals surface area contributed by atoms with Gasteiger partial charge in [-0.15, -0.1) is 0 Å². The third-order valence-corrected chi connectivity index (χ3v) is 2.97. The summed E-state index contributed by atoms with van der Waals surface area (Å²) in [6.07, 6.45) is 0.0497. The van der Waals surface area contributed by atoms with Gasteiger partial charge in [-0.25, -0.2) is 12.8 Å². The normalized spacial score (nSPS) is 28.6. The zero-order valence-electron chi connectivity index (χ0n) is 4.50. The molecule has 1 aliphatic rings. The SMILES string of the molecule is O=CC1(F)CS(=O)(=O)C1. The Hall–Kier alpha value is -0.450. The lowest BCUT2D eigenvalue weighted by Crippen LogP contribution is -2.52. The highest BCUT2D eigenvalue weighted by molar-refractivity contribution is 7.93. The van der Waals surface area contributed by atoms with Crippen LogP contribution in [0.15, 0.2) is 0 Å². The Labute approximate surface area is 51.8 Å². The third-order valence-electron chi connectivity index (χ3n) is 1.13. The van der Waals surface area contributed by atoms with Gasteiger partial charge in [0.2, 0.25) is 0 Å². The van der Waals surface area contributed by atoms with E-state index < -0.39 is 27.0 Å². The Bertz CT molecular complexity index is 218. The second kappa shape index (κ2) is 1.53. The van der Waals surface area contributed by atoms with Crippen molar-refractivity contribution in [2.45, 2.75) is 5.67 Å². The van der Waals surface area contributed by atoms with Crippen LogP contribution in [0.3, 0.4) is 0 Å². The monoisotopic (exact) mass is 152 g/mol. The van der Waals surface area contributed by atoms with Gasteiger partial charge in [-0.3, -0.25) is 4.79 Å². The Morgan fingerprint density at radius 2 is 1.89 bits per heavy atom. The number of rotatable bonds is 1. The molecule has 0 aliphatic carbocycles. The van der Waals surface area contributed by atoms with Gasteiger partial charge in [0, 0.05) is 0 Å². The molecule has 1 heterocycles. The maximum atomic E-state index is 12.4. The molecule has 0 bridgehead atoms. The average Bonchev–Trinajstić information content (AvgIpc) is 1.61. The molecule has 1 fully saturated rings. The van der Waals surface area contributed by atoms with Crippen LogP contribution < -0.4 is 0 Å². The summed E-state index contributed by atoms with van der Waals surface area (Å²) < 4.78 is 32.9. The van der Waals surface area contributed by atoms with Gasteiger partial charge in [-0.2, -0.15) is 0 Å². The van der Waals surface area contributed by atoms with Crippen molar-refractivity contribution in [1.29, 1.82) is 0 Å². The summed E-state index contributed by atoms with van der Waals surface area (Å²) >= 11 is 0. The molecule has 0 unspecified atom stereocenters. The van der Waals surface area contributed by atoms with Crippen molar-refractivity contribution >= 4 is 16.1 Å². The van der Waals surface area contributed by atoms with E-state index in [1.165, 1.54) is 0 Å². The topological polar surface area (TPSA) is 51.2 Å². The van der Waals surface area contributed by atoms with Crippen LogP contribution in [0.5, 0.6) is 0 Å². The van der Waals surface area contributed by atoms with Crippen LogP contribution in [0.4, 0.5) is 4.39 Å². The highest BCUT2D eigenvalue weighted by Crippen LogP contribution is 2.24. The number of carbonyl (C=O) groups is 1. The second-order valence-electron chi connectivity index (χ2n) is 2.18. The summed E-state index contributed by atoms with van der Waals surface area (Å²) in [6.45, 7) is 0. The van der Waals surface area contributed by atoms with Crippen molar-refractivity contribution in [3.05, 3.63) is 0 Å². The minimum absolute atomic E-state index is 0.0497. The van der Waals surface area contributed by atoms with E-state index in [-0.39, 0.29) is 6.29 Å². The molecule has 0 atom stereocenters. The van der Waals surface area contributed by atoms with Crippen LogP contribution in [0, 0.1) is 0 Å². The first kappa shape index (κ1) is 6.67. The zero-order chi connectivity index (χ0) is 7.12. The number of hydrogen-bond donors (Lipinski definition) is 0. The Balaban J connectivity index is 2.72. The third kappa shape index (κ3) is 1.10. The summed E-state index contributed by atoms with van der Waals surface area (Å²) in [6, 6.07) is 0. The van der Waals surface area contributed by atoms with Crippen molar-refractivity contribution in [3.63, 3.8) is 0 Å². The highest BCUT2D eigenvalue weighted by atomic mass is 32.2. The van der Waals surface area contributed by atoms with Gasteiger partial charge >= 0.3 is 0 Å². The first-order valence-corrected chi connectivity index (χ1v) is 4.15. The molecule has 0 N–H and O–H groups in total. The largest absolute Gasteiger partial charge is 0.300 e. The van der Waals surface area contributed by atoms with Gasteiger partial charge in [-0.1, -0.05) is 0 Å². The molecule has 0 amide bonds. The van der Waals surface area contributed by atoms with Gasteiger partial charge in [0.05, 0.1) is 11.5 Å². The molecule has 1 saturated heterocycles. The van der Waals surface area contributed by atoms with Crippen LogP contribution in [-0.2, 0) is 14.6 Å². The van der Waals surface area contributed by atoms with Crippen molar-refractivity contribution in [2.24, 2.45) is 0 Å². The quantitative estimate of drug-likeness (QED) is 0.468. The summed E-state index contributed by atoms with van der Waals surface area (Å²) in [5.41, 5.74) is -2.07. The standard InChI is InChI=1S/C4H5FO3S/c5-4(1-6)2-9(7,8)3-4/h1H,2-3H2. The predicted molar refractivity (Wildman–Crippen MR) is 28.6 cm³/mol. The lowest BCUT2D eigenvalue weighted by atomic mass is 10.2. The van der Waals surface area contributed by atoms with E-state index >= 15 is 0 Å².